The van der Waals surface area contributed by atoms with Gasteiger partial charge in [0.15, 0.2) is 0 Å². The second kappa shape index (κ2) is 5.72. The Labute approximate surface area is 100 Å². The third kappa shape index (κ3) is 3.01. The normalized spacial score (nSPS) is 22.5. The molecule has 0 aliphatic carbocycles. The second-order valence-corrected chi connectivity index (χ2v) is 5.29. The zero-order valence-corrected chi connectivity index (χ0v) is 10.4. The Morgan fingerprint density at radius 2 is 2.62 bits per heavy atom. The van der Waals surface area contributed by atoms with E-state index in [1.807, 2.05) is 6.92 Å². The molecule has 1 aliphatic heterocycles. The van der Waals surface area contributed by atoms with E-state index in [2.05, 4.69) is 15.8 Å². The molecule has 1 fully saturated rings. The van der Waals surface area contributed by atoms with E-state index in [0.717, 1.165) is 30.2 Å². The summed E-state index contributed by atoms with van der Waals surface area (Å²) in [6, 6.07) is 0.161. The summed E-state index contributed by atoms with van der Waals surface area (Å²) in [6.07, 6.45) is 4.86. The average Bonchev–Trinajstić information content (AvgIpc) is 2.91. The van der Waals surface area contributed by atoms with Crippen LogP contribution >= 0.6 is 11.3 Å². The lowest BCUT2D eigenvalue weighted by Crippen LogP contribution is -2.29. The molecule has 0 bridgehead atoms. The molecule has 0 spiro atoms. The minimum atomic E-state index is 0.161. The van der Waals surface area contributed by atoms with Crippen molar-refractivity contribution in [1.29, 1.82) is 0 Å². The number of hydrazine groups is 1. The molecule has 90 valence electrons. The van der Waals surface area contributed by atoms with Gasteiger partial charge >= 0.3 is 0 Å². The molecule has 0 radical (unpaired) electrons. The molecule has 0 aromatic carbocycles. The zero-order chi connectivity index (χ0) is 11.4. The highest BCUT2D eigenvalue weighted by atomic mass is 32.1. The fraction of sp³-hybridized carbons (Fsp3) is 0.727. The molecule has 2 heterocycles. The predicted octanol–water partition coefficient (Wildman–Crippen LogP) is 1.92. The highest BCUT2D eigenvalue weighted by molar-refractivity contribution is 7.09. The van der Waals surface area contributed by atoms with Crippen molar-refractivity contribution in [3.8, 4) is 0 Å². The van der Waals surface area contributed by atoms with E-state index in [9.17, 15) is 0 Å². The first-order valence-corrected chi connectivity index (χ1v) is 6.67. The minimum absolute atomic E-state index is 0.161. The van der Waals surface area contributed by atoms with Crippen LogP contribution in [-0.2, 0) is 4.74 Å². The van der Waals surface area contributed by atoms with Gasteiger partial charge in [-0.25, -0.2) is 4.98 Å². The maximum absolute atomic E-state index is 5.60. The number of hydrogen-bond acceptors (Lipinski definition) is 5. The lowest BCUT2D eigenvalue weighted by atomic mass is 10.0. The van der Waals surface area contributed by atoms with Gasteiger partial charge in [0.1, 0.15) is 0 Å². The van der Waals surface area contributed by atoms with Crippen LogP contribution in [0.15, 0.2) is 5.38 Å². The van der Waals surface area contributed by atoms with Crippen LogP contribution in [-0.4, -0.2) is 17.7 Å². The molecule has 1 aromatic rings. The number of ether oxygens (including phenoxy) is 1. The van der Waals surface area contributed by atoms with Gasteiger partial charge in [-0.1, -0.05) is 0 Å². The van der Waals surface area contributed by atoms with Crippen molar-refractivity contribution in [3.05, 3.63) is 16.1 Å². The van der Waals surface area contributed by atoms with Crippen molar-refractivity contribution >= 4 is 11.3 Å². The SMILES string of the molecule is Cc1nc(C(CCC2CCCO2)NN)cs1. The van der Waals surface area contributed by atoms with Crippen molar-refractivity contribution in [2.24, 2.45) is 5.84 Å². The molecule has 0 amide bonds. The topological polar surface area (TPSA) is 60.2 Å². The number of aromatic nitrogens is 1. The number of hydrogen-bond donors (Lipinski definition) is 2. The van der Waals surface area contributed by atoms with Gasteiger partial charge in [0, 0.05) is 12.0 Å². The summed E-state index contributed by atoms with van der Waals surface area (Å²) >= 11 is 1.67. The maximum Gasteiger partial charge on any atom is 0.0898 e. The summed E-state index contributed by atoms with van der Waals surface area (Å²) in [6.45, 7) is 2.93. The average molecular weight is 241 g/mol. The van der Waals surface area contributed by atoms with Gasteiger partial charge in [0.25, 0.3) is 0 Å². The summed E-state index contributed by atoms with van der Waals surface area (Å²) in [5, 5.41) is 3.17. The number of nitrogens with two attached hydrogens (primary N) is 1. The monoisotopic (exact) mass is 241 g/mol. The summed E-state index contributed by atoms with van der Waals surface area (Å²) in [4.78, 5) is 4.46. The zero-order valence-electron chi connectivity index (χ0n) is 9.61. The molecule has 1 aromatic heterocycles. The molecule has 1 saturated heterocycles. The molecule has 2 rings (SSSR count). The van der Waals surface area contributed by atoms with Gasteiger partial charge in [-0.2, -0.15) is 0 Å². The highest BCUT2D eigenvalue weighted by Gasteiger charge is 2.19. The van der Waals surface area contributed by atoms with Crippen LogP contribution < -0.4 is 11.3 Å². The first kappa shape index (κ1) is 12.0. The largest absolute Gasteiger partial charge is 0.378 e. The lowest BCUT2D eigenvalue weighted by Gasteiger charge is -2.16. The van der Waals surface area contributed by atoms with Gasteiger partial charge in [-0.05, 0) is 32.6 Å². The van der Waals surface area contributed by atoms with Crippen LogP contribution in [0.25, 0.3) is 0 Å². The van der Waals surface area contributed by atoms with Crippen LogP contribution in [0, 0.1) is 6.92 Å². The van der Waals surface area contributed by atoms with Gasteiger partial charge in [0.05, 0.1) is 22.8 Å². The Balaban J connectivity index is 1.85. The van der Waals surface area contributed by atoms with Crippen LogP contribution in [0.2, 0.25) is 0 Å². The standard InChI is InChI=1S/C11H19N3OS/c1-8-13-11(7-16-8)10(14-12)5-4-9-3-2-6-15-9/h7,9-10,14H,2-6,12H2,1H3. The van der Waals surface area contributed by atoms with Crippen LogP contribution in [0.1, 0.15) is 42.4 Å². The first-order chi connectivity index (χ1) is 7.79. The van der Waals surface area contributed by atoms with Crippen molar-refractivity contribution in [2.75, 3.05) is 6.61 Å². The minimum Gasteiger partial charge on any atom is -0.378 e. The fourth-order valence-corrected chi connectivity index (χ4v) is 2.75. The van der Waals surface area contributed by atoms with Crippen molar-refractivity contribution < 1.29 is 4.74 Å². The molecule has 5 heteroatoms. The first-order valence-electron chi connectivity index (χ1n) is 5.79. The van der Waals surface area contributed by atoms with Gasteiger partial charge in [-0.3, -0.25) is 11.3 Å². The van der Waals surface area contributed by atoms with E-state index >= 15 is 0 Å². The molecule has 4 nitrogen and oxygen atoms in total. The van der Waals surface area contributed by atoms with Gasteiger partial charge in [-0.15, -0.1) is 11.3 Å². The molecule has 3 N–H and O–H groups in total. The number of rotatable bonds is 5. The predicted molar refractivity (Wildman–Crippen MR) is 65.1 cm³/mol. The Kier molecular flexibility index (Phi) is 4.29. The molecule has 2 unspecified atom stereocenters. The maximum atomic E-state index is 5.60. The smallest absolute Gasteiger partial charge is 0.0898 e. The van der Waals surface area contributed by atoms with E-state index in [-0.39, 0.29) is 6.04 Å². The molecular weight excluding hydrogens is 222 g/mol. The molecule has 2 atom stereocenters. The number of nitrogens with zero attached hydrogens (tertiary/aromatic N) is 1. The van der Waals surface area contributed by atoms with Crippen molar-refractivity contribution in [3.63, 3.8) is 0 Å². The molecule has 0 saturated carbocycles. The number of nitrogens with one attached hydrogen (secondary N) is 1. The van der Waals surface area contributed by atoms with E-state index < -0.39 is 0 Å². The van der Waals surface area contributed by atoms with Crippen molar-refractivity contribution in [1.82, 2.24) is 10.4 Å². The Bertz CT molecular complexity index is 323. The van der Waals surface area contributed by atoms with Gasteiger partial charge in [0.2, 0.25) is 0 Å². The quantitative estimate of drug-likeness (QED) is 0.611. The fourth-order valence-electron chi connectivity index (χ4n) is 2.08. The summed E-state index contributed by atoms with van der Waals surface area (Å²) in [7, 11) is 0. The highest BCUT2D eigenvalue weighted by Crippen LogP contribution is 2.24. The summed E-state index contributed by atoms with van der Waals surface area (Å²) in [5.41, 5.74) is 3.90. The Morgan fingerprint density at radius 3 is 3.19 bits per heavy atom. The summed E-state index contributed by atoms with van der Waals surface area (Å²) in [5.74, 6) is 5.57. The van der Waals surface area contributed by atoms with Crippen LogP contribution in [0.4, 0.5) is 0 Å². The van der Waals surface area contributed by atoms with E-state index in [0.29, 0.717) is 6.10 Å². The molecule has 1 aliphatic rings. The van der Waals surface area contributed by atoms with Crippen LogP contribution in [0.5, 0.6) is 0 Å². The third-order valence-corrected chi connectivity index (χ3v) is 3.79. The van der Waals surface area contributed by atoms with Gasteiger partial charge < -0.3 is 4.74 Å². The molecular formula is C11H19N3OS. The number of thiazole rings is 1. The second-order valence-electron chi connectivity index (χ2n) is 4.22. The Morgan fingerprint density at radius 1 is 1.75 bits per heavy atom. The van der Waals surface area contributed by atoms with E-state index in [1.54, 1.807) is 11.3 Å². The van der Waals surface area contributed by atoms with E-state index in [4.69, 9.17) is 10.6 Å². The lowest BCUT2D eigenvalue weighted by molar-refractivity contribution is 0.0995. The summed E-state index contributed by atoms with van der Waals surface area (Å²) < 4.78 is 5.60. The van der Waals surface area contributed by atoms with E-state index in [1.165, 1.54) is 12.8 Å². The van der Waals surface area contributed by atoms with Crippen molar-refractivity contribution in [2.45, 2.75) is 44.8 Å². The Hall–Kier alpha value is -0.490. The third-order valence-electron chi connectivity index (χ3n) is 3.00. The molecule has 16 heavy (non-hydrogen) atoms. The van der Waals surface area contributed by atoms with Crippen LogP contribution in [0.3, 0.4) is 0 Å². The number of aryl methyl sites for hydroxylation is 1.